The fraction of sp³-hybridized carbons (Fsp3) is 0.417. The van der Waals surface area contributed by atoms with E-state index in [4.69, 9.17) is 10.00 Å². The predicted octanol–water partition coefficient (Wildman–Crippen LogP) is 3.87. The molecule has 1 heterocycles. The molecule has 0 radical (unpaired) electrons. The Morgan fingerprint density at radius 3 is 2.66 bits per heavy atom. The molecule has 2 aromatic carbocycles. The van der Waals surface area contributed by atoms with E-state index in [1.807, 2.05) is 6.07 Å². The van der Waals surface area contributed by atoms with Gasteiger partial charge < -0.3 is 10.1 Å². The van der Waals surface area contributed by atoms with Gasteiger partial charge in [0.05, 0.1) is 11.6 Å². The van der Waals surface area contributed by atoms with Crippen LogP contribution in [0.3, 0.4) is 0 Å². The van der Waals surface area contributed by atoms with Crippen LogP contribution in [0.4, 0.5) is 0 Å². The molecule has 152 valence electrons. The number of likely N-dealkylation sites (tertiary alicyclic amines) is 1. The molecule has 2 aromatic rings. The standard InChI is InChI=1S/C24H29N3O2/c1-18-6-5-13-27(16-18)17-22-8-4-3-7-21(22)15-26-24(28)19(2)29-23-11-9-20(14-25)10-12-23/h3-4,7-12,18-19H,5-6,13,15-17H2,1-2H3,(H,26,28)/t18-,19+/m1/s1. The Morgan fingerprint density at radius 1 is 1.24 bits per heavy atom. The normalized spacial score (nSPS) is 17.9. The van der Waals surface area contributed by atoms with Gasteiger partial charge in [-0.05, 0) is 67.6 Å². The van der Waals surface area contributed by atoms with E-state index in [-0.39, 0.29) is 5.91 Å². The average molecular weight is 392 g/mol. The average Bonchev–Trinajstić information content (AvgIpc) is 2.73. The second-order valence-corrected chi connectivity index (χ2v) is 7.87. The van der Waals surface area contributed by atoms with Gasteiger partial charge in [-0.1, -0.05) is 31.2 Å². The number of hydrogen-bond acceptors (Lipinski definition) is 4. The predicted molar refractivity (Wildman–Crippen MR) is 113 cm³/mol. The number of amides is 1. The van der Waals surface area contributed by atoms with E-state index in [0.717, 1.165) is 31.1 Å². The van der Waals surface area contributed by atoms with Crippen LogP contribution in [-0.2, 0) is 17.9 Å². The fourth-order valence-corrected chi connectivity index (χ4v) is 3.75. The van der Waals surface area contributed by atoms with Crippen molar-refractivity contribution in [1.82, 2.24) is 10.2 Å². The number of nitriles is 1. The molecule has 1 fully saturated rings. The van der Waals surface area contributed by atoms with Crippen LogP contribution in [0.15, 0.2) is 48.5 Å². The molecule has 29 heavy (non-hydrogen) atoms. The molecule has 0 bridgehead atoms. The van der Waals surface area contributed by atoms with Crippen molar-refractivity contribution in [2.24, 2.45) is 5.92 Å². The maximum Gasteiger partial charge on any atom is 0.261 e. The maximum atomic E-state index is 12.5. The first-order valence-corrected chi connectivity index (χ1v) is 10.3. The first kappa shape index (κ1) is 20.9. The zero-order valence-electron chi connectivity index (χ0n) is 17.2. The fourth-order valence-electron chi connectivity index (χ4n) is 3.75. The molecular formula is C24H29N3O2. The topological polar surface area (TPSA) is 65.4 Å². The SMILES string of the molecule is C[C@@H]1CCCN(Cc2ccccc2CNC(=O)[C@H](C)Oc2ccc(C#N)cc2)C1. The van der Waals surface area contributed by atoms with Crippen LogP contribution < -0.4 is 10.1 Å². The Morgan fingerprint density at radius 2 is 1.97 bits per heavy atom. The van der Waals surface area contributed by atoms with Crippen LogP contribution in [0.1, 0.15) is 43.4 Å². The molecule has 1 saturated heterocycles. The Hall–Kier alpha value is -2.84. The monoisotopic (exact) mass is 391 g/mol. The minimum Gasteiger partial charge on any atom is -0.481 e. The third-order valence-corrected chi connectivity index (χ3v) is 5.37. The number of nitrogens with one attached hydrogen (secondary N) is 1. The van der Waals surface area contributed by atoms with Crippen molar-refractivity contribution in [1.29, 1.82) is 5.26 Å². The highest BCUT2D eigenvalue weighted by atomic mass is 16.5. The Kier molecular flexibility index (Phi) is 7.26. The van der Waals surface area contributed by atoms with Crippen molar-refractivity contribution in [2.75, 3.05) is 13.1 Å². The van der Waals surface area contributed by atoms with Crippen LogP contribution in [-0.4, -0.2) is 30.0 Å². The number of carbonyl (C=O) groups excluding carboxylic acids is 1. The van der Waals surface area contributed by atoms with Gasteiger partial charge in [0.2, 0.25) is 0 Å². The summed E-state index contributed by atoms with van der Waals surface area (Å²) in [6.45, 7) is 7.73. The first-order chi connectivity index (χ1) is 14.0. The van der Waals surface area contributed by atoms with Crippen molar-refractivity contribution in [3.05, 3.63) is 65.2 Å². The first-order valence-electron chi connectivity index (χ1n) is 10.3. The van der Waals surface area contributed by atoms with Gasteiger partial charge in [-0.2, -0.15) is 5.26 Å². The molecule has 1 N–H and O–H groups in total. The van der Waals surface area contributed by atoms with E-state index in [1.165, 1.54) is 18.4 Å². The van der Waals surface area contributed by atoms with Gasteiger partial charge >= 0.3 is 0 Å². The third-order valence-electron chi connectivity index (χ3n) is 5.37. The number of nitrogens with zero attached hydrogens (tertiary/aromatic N) is 2. The Bertz CT molecular complexity index is 857. The molecule has 2 atom stereocenters. The largest absolute Gasteiger partial charge is 0.481 e. The van der Waals surface area contributed by atoms with Gasteiger partial charge in [-0.15, -0.1) is 0 Å². The molecule has 1 aliphatic rings. The molecule has 1 amide bonds. The number of carbonyl (C=O) groups is 1. The van der Waals surface area contributed by atoms with Crippen LogP contribution in [0.5, 0.6) is 5.75 Å². The van der Waals surface area contributed by atoms with Crippen molar-refractivity contribution < 1.29 is 9.53 Å². The summed E-state index contributed by atoms with van der Waals surface area (Å²) in [7, 11) is 0. The van der Waals surface area contributed by atoms with Gasteiger partial charge in [-0.25, -0.2) is 0 Å². The summed E-state index contributed by atoms with van der Waals surface area (Å²) >= 11 is 0. The van der Waals surface area contributed by atoms with Crippen molar-refractivity contribution >= 4 is 5.91 Å². The van der Waals surface area contributed by atoms with Crippen molar-refractivity contribution in [2.45, 2.75) is 45.9 Å². The van der Waals surface area contributed by atoms with E-state index in [1.54, 1.807) is 31.2 Å². The number of rotatable bonds is 7. The lowest BCUT2D eigenvalue weighted by molar-refractivity contribution is -0.127. The highest BCUT2D eigenvalue weighted by molar-refractivity contribution is 5.80. The number of piperidine rings is 1. The highest BCUT2D eigenvalue weighted by Gasteiger charge is 2.18. The lowest BCUT2D eigenvalue weighted by Gasteiger charge is -2.31. The molecule has 0 spiro atoms. The number of benzene rings is 2. The Labute approximate surface area is 173 Å². The van der Waals surface area contributed by atoms with E-state index >= 15 is 0 Å². The zero-order valence-corrected chi connectivity index (χ0v) is 17.2. The summed E-state index contributed by atoms with van der Waals surface area (Å²) in [5.74, 6) is 1.16. The quantitative estimate of drug-likeness (QED) is 0.778. The van der Waals surface area contributed by atoms with Crippen LogP contribution in [0.25, 0.3) is 0 Å². The number of hydrogen-bond donors (Lipinski definition) is 1. The molecule has 0 saturated carbocycles. The molecule has 0 unspecified atom stereocenters. The molecule has 1 aliphatic heterocycles. The van der Waals surface area contributed by atoms with Crippen molar-refractivity contribution in [3.63, 3.8) is 0 Å². The van der Waals surface area contributed by atoms with Gasteiger partial charge in [0.1, 0.15) is 5.75 Å². The molecule has 0 aromatic heterocycles. The molecular weight excluding hydrogens is 362 g/mol. The summed E-state index contributed by atoms with van der Waals surface area (Å²) < 4.78 is 5.70. The van der Waals surface area contributed by atoms with Crippen LogP contribution in [0.2, 0.25) is 0 Å². The van der Waals surface area contributed by atoms with E-state index in [0.29, 0.717) is 17.9 Å². The second kappa shape index (κ2) is 10.1. The maximum absolute atomic E-state index is 12.5. The van der Waals surface area contributed by atoms with Crippen molar-refractivity contribution in [3.8, 4) is 11.8 Å². The lowest BCUT2D eigenvalue weighted by Crippen LogP contribution is -2.36. The summed E-state index contributed by atoms with van der Waals surface area (Å²) in [4.78, 5) is 15.0. The zero-order chi connectivity index (χ0) is 20.6. The lowest BCUT2D eigenvalue weighted by atomic mass is 9.99. The van der Waals surface area contributed by atoms with Gasteiger partial charge in [0, 0.05) is 19.6 Å². The molecule has 5 heteroatoms. The highest BCUT2D eigenvalue weighted by Crippen LogP contribution is 2.20. The number of ether oxygens (including phenoxy) is 1. The minimum absolute atomic E-state index is 0.157. The summed E-state index contributed by atoms with van der Waals surface area (Å²) in [5.41, 5.74) is 2.97. The Balaban J connectivity index is 1.54. The van der Waals surface area contributed by atoms with Crippen LogP contribution >= 0.6 is 0 Å². The molecule has 5 nitrogen and oxygen atoms in total. The third kappa shape index (κ3) is 6.07. The second-order valence-electron chi connectivity index (χ2n) is 7.87. The summed E-state index contributed by atoms with van der Waals surface area (Å²) in [6, 6.07) is 17.1. The smallest absolute Gasteiger partial charge is 0.261 e. The van der Waals surface area contributed by atoms with Gasteiger partial charge in [0.25, 0.3) is 5.91 Å². The summed E-state index contributed by atoms with van der Waals surface area (Å²) in [5, 5.41) is 11.9. The molecule has 0 aliphatic carbocycles. The van der Waals surface area contributed by atoms with Gasteiger partial charge in [-0.3, -0.25) is 9.69 Å². The van der Waals surface area contributed by atoms with E-state index < -0.39 is 6.10 Å². The minimum atomic E-state index is -0.613. The van der Waals surface area contributed by atoms with E-state index in [2.05, 4.69) is 41.4 Å². The van der Waals surface area contributed by atoms with Gasteiger partial charge in [0.15, 0.2) is 6.10 Å². The van der Waals surface area contributed by atoms with Crippen LogP contribution in [0, 0.1) is 17.2 Å². The molecule has 3 rings (SSSR count). The van der Waals surface area contributed by atoms with E-state index in [9.17, 15) is 4.79 Å². The summed E-state index contributed by atoms with van der Waals surface area (Å²) in [6.07, 6.45) is 1.95.